The van der Waals surface area contributed by atoms with Gasteiger partial charge in [-0.05, 0) is 51.5 Å². The highest BCUT2D eigenvalue weighted by molar-refractivity contribution is 9.10. The molecule has 0 bridgehead atoms. The first-order chi connectivity index (χ1) is 10.8. The van der Waals surface area contributed by atoms with Crippen molar-refractivity contribution in [3.05, 3.63) is 40.6 Å². The summed E-state index contributed by atoms with van der Waals surface area (Å²) >= 11 is 3.49. The normalized spacial score (nSPS) is 10.3. The van der Waals surface area contributed by atoms with Crippen molar-refractivity contribution in [2.24, 2.45) is 18.9 Å². The van der Waals surface area contributed by atoms with Gasteiger partial charge in [0.1, 0.15) is 17.5 Å². The number of rotatable bonds is 3. The van der Waals surface area contributed by atoms with Gasteiger partial charge >= 0.3 is 0 Å². The van der Waals surface area contributed by atoms with Gasteiger partial charge in [-0.2, -0.15) is 5.26 Å². The Hall–Kier alpha value is -1.73. The Morgan fingerprint density at radius 1 is 1.09 bits per heavy atom. The molecule has 0 N–H and O–H groups in total. The van der Waals surface area contributed by atoms with Crippen LogP contribution >= 0.6 is 15.9 Å². The Labute approximate surface area is 148 Å². The summed E-state index contributed by atoms with van der Waals surface area (Å²) in [5.41, 5.74) is 2.68. The fourth-order valence-electron chi connectivity index (χ4n) is 1.66. The molecule has 1 aromatic heterocycles. The summed E-state index contributed by atoms with van der Waals surface area (Å²) in [5, 5.41) is 8.97. The highest BCUT2D eigenvalue weighted by Crippen LogP contribution is 2.31. The van der Waals surface area contributed by atoms with Crippen LogP contribution in [-0.4, -0.2) is 11.7 Å². The number of halogens is 1. The summed E-state index contributed by atoms with van der Waals surface area (Å²) in [6.45, 7) is 8.96. The van der Waals surface area contributed by atoms with Crippen molar-refractivity contribution in [1.29, 1.82) is 5.26 Å². The van der Waals surface area contributed by atoms with Gasteiger partial charge in [-0.1, -0.05) is 39.8 Å². The molecule has 2 rings (SSSR count). The Morgan fingerprint density at radius 3 is 1.96 bits per heavy atom. The van der Waals surface area contributed by atoms with E-state index in [-0.39, 0.29) is 0 Å². The molecule has 0 radical (unpaired) electrons. The van der Waals surface area contributed by atoms with E-state index in [9.17, 15) is 0 Å². The molecule has 0 spiro atoms. The van der Waals surface area contributed by atoms with Crippen LogP contribution < -0.4 is 4.74 Å². The lowest BCUT2D eigenvalue weighted by atomic mass is 10.0. The first-order valence-electron chi connectivity index (χ1n) is 7.71. The van der Waals surface area contributed by atoms with Crippen LogP contribution in [0, 0.1) is 23.2 Å². The molecule has 23 heavy (non-hydrogen) atoms. The third-order valence-corrected chi connectivity index (χ3v) is 4.97. The van der Waals surface area contributed by atoms with Crippen molar-refractivity contribution in [3.63, 3.8) is 0 Å². The Morgan fingerprint density at radius 2 is 1.61 bits per heavy atom. The van der Waals surface area contributed by atoms with E-state index in [0.717, 1.165) is 33.3 Å². The molecule has 0 aliphatic heterocycles. The Bertz CT molecular complexity index is 658. The molecule has 3 nitrogen and oxygen atoms in total. The molecule has 0 fully saturated rings. The molecule has 0 saturated carbocycles. The minimum atomic E-state index is 0.627. The number of hydrogen-bond acceptors (Lipinski definition) is 2. The number of nitriles is 1. The zero-order valence-electron chi connectivity index (χ0n) is 14.7. The summed E-state index contributed by atoms with van der Waals surface area (Å²) in [6.07, 6.45) is 0. The summed E-state index contributed by atoms with van der Waals surface area (Å²) < 4.78 is 7.84. The number of benzene rings is 1. The van der Waals surface area contributed by atoms with Crippen molar-refractivity contribution in [1.82, 2.24) is 4.57 Å². The van der Waals surface area contributed by atoms with Gasteiger partial charge in [0, 0.05) is 12.6 Å². The summed E-state index contributed by atoms with van der Waals surface area (Å²) in [6, 6.07) is 11.8. The van der Waals surface area contributed by atoms with Crippen molar-refractivity contribution in [3.8, 4) is 22.9 Å². The molecule has 1 heterocycles. The van der Waals surface area contributed by atoms with Crippen molar-refractivity contribution < 1.29 is 4.74 Å². The second-order valence-electron chi connectivity index (χ2n) is 6.12. The molecule has 0 aliphatic carbocycles. The van der Waals surface area contributed by atoms with E-state index in [1.54, 1.807) is 7.11 Å². The summed E-state index contributed by atoms with van der Waals surface area (Å²) in [7, 11) is 3.50. The van der Waals surface area contributed by atoms with Gasteiger partial charge in [0.05, 0.1) is 11.7 Å². The molecule has 0 atom stereocenters. The lowest BCUT2D eigenvalue weighted by Crippen LogP contribution is -1.95. The average molecular weight is 377 g/mol. The van der Waals surface area contributed by atoms with Gasteiger partial charge in [-0.3, -0.25) is 0 Å². The third kappa shape index (κ3) is 5.14. The third-order valence-electron chi connectivity index (χ3n) is 4.01. The minimum Gasteiger partial charge on any atom is -0.497 e. The number of ether oxygens (including phenoxy) is 1. The van der Waals surface area contributed by atoms with E-state index in [1.807, 2.05) is 41.9 Å². The monoisotopic (exact) mass is 376 g/mol. The second-order valence-corrected chi connectivity index (χ2v) is 6.87. The number of methoxy groups -OCH3 is 1. The quantitative estimate of drug-likeness (QED) is 0.695. The molecule has 2 aromatic rings. The Balaban J connectivity index is 0.000000379. The number of hydrogen-bond donors (Lipinski definition) is 0. The molecule has 0 aliphatic rings. The van der Waals surface area contributed by atoms with Crippen LogP contribution in [-0.2, 0) is 7.05 Å². The second kappa shape index (κ2) is 8.79. The Kier molecular flexibility index (Phi) is 7.38. The van der Waals surface area contributed by atoms with E-state index in [4.69, 9.17) is 10.00 Å². The smallest absolute Gasteiger partial charge is 0.121 e. The van der Waals surface area contributed by atoms with Crippen molar-refractivity contribution in [2.75, 3.05) is 7.11 Å². The van der Waals surface area contributed by atoms with Crippen LogP contribution in [0.4, 0.5) is 0 Å². The molecule has 124 valence electrons. The molecular formula is C19H25BrN2O. The molecule has 0 amide bonds. The van der Waals surface area contributed by atoms with Crippen LogP contribution in [0.2, 0.25) is 0 Å². The van der Waals surface area contributed by atoms with E-state index in [1.165, 1.54) is 0 Å². The lowest BCUT2D eigenvalue weighted by Gasteiger charge is -2.05. The predicted octanol–water partition coefficient (Wildman–Crippen LogP) is 5.63. The van der Waals surface area contributed by atoms with Gasteiger partial charge in [-0.25, -0.2) is 0 Å². The van der Waals surface area contributed by atoms with Crippen LogP contribution in [0.5, 0.6) is 5.75 Å². The molecule has 0 saturated heterocycles. The first-order valence-corrected chi connectivity index (χ1v) is 8.50. The van der Waals surface area contributed by atoms with Gasteiger partial charge in [0.2, 0.25) is 0 Å². The van der Waals surface area contributed by atoms with Crippen LogP contribution in [0.25, 0.3) is 11.1 Å². The predicted molar refractivity (Wildman–Crippen MR) is 99.5 cm³/mol. The molecule has 1 aromatic carbocycles. The molecule has 0 unspecified atom stereocenters. The largest absolute Gasteiger partial charge is 0.497 e. The highest BCUT2D eigenvalue weighted by atomic mass is 79.9. The molecule has 4 heteroatoms. The maximum Gasteiger partial charge on any atom is 0.121 e. The van der Waals surface area contributed by atoms with Crippen molar-refractivity contribution in [2.45, 2.75) is 27.7 Å². The highest BCUT2D eigenvalue weighted by Gasteiger charge is 2.11. The van der Waals surface area contributed by atoms with Gasteiger partial charge in [-0.15, -0.1) is 0 Å². The van der Waals surface area contributed by atoms with Gasteiger partial charge in [0.25, 0.3) is 0 Å². The van der Waals surface area contributed by atoms with E-state index in [2.05, 4.69) is 49.7 Å². The van der Waals surface area contributed by atoms with Crippen molar-refractivity contribution >= 4 is 15.9 Å². The zero-order valence-corrected chi connectivity index (χ0v) is 16.3. The SMILES string of the molecule is CC(C)C(C)C.COc1ccc(-c2cc(C#N)n(C)c2Br)cc1. The summed E-state index contributed by atoms with van der Waals surface area (Å²) in [4.78, 5) is 0. The maximum absolute atomic E-state index is 8.97. The average Bonchev–Trinajstić information content (AvgIpc) is 2.83. The number of nitrogens with zero attached hydrogens (tertiary/aromatic N) is 2. The fraction of sp³-hybridized carbons (Fsp3) is 0.421. The van der Waals surface area contributed by atoms with E-state index >= 15 is 0 Å². The van der Waals surface area contributed by atoms with Crippen LogP contribution in [0.15, 0.2) is 34.9 Å². The van der Waals surface area contributed by atoms with Crippen LogP contribution in [0.3, 0.4) is 0 Å². The van der Waals surface area contributed by atoms with E-state index in [0.29, 0.717) is 5.69 Å². The standard InChI is InChI=1S/C13H11BrN2O.C6H14/c1-16-10(8-15)7-12(13(16)14)9-3-5-11(17-2)6-4-9;1-5(2)6(3)4/h3-7H,1-2H3;5-6H,1-4H3. The number of aromatic nitrogens is 1. The fourth-order valence-corrected chi connectivity index (χ4v) is 2.19. The van der Waals surface area contributed by atoms with Gasteiger partial charge < -0.3 is 9.30 Å². The topological polar surface area (TPSA) is 37.9 Å². The van der Waals surface area contributed by atoms with Crippen LogP contribution in [0.1, 0.15) is 33.4 Å². The minimum absolute atomic E-state index is 0.627. The zero-order chi connectivity index (χ0) is 17.6. The van der Waals surface area contributed by atoms with Gasteiger partial charge in [0.15, 0.2) is 0 Å². The lowest BCUT2D eigenvalue weighted by molar-refractivity contribution is 0.415. The molecular weight excluding hydrogens is 352 g/mol. The first kappa shape index (κ1) is 19.3. The maximum atomic E-state index is 8.97. The van der Waals surface area contributed by atoms with E-state index < -0.39 is 0 Å². The summed E-state index contributed by atoms with van der Waals surface area (Å²) in [5.74, 6) is 2.52.